The van der Waals surface area contributed by atoms with E-state index in [-0.39, 0.29) is 11.7 Å². The summed E-state index contributed by atoms with van der Waals surface area (Å²) in [4.78, 5) is 15.5. The number of oxazole rings is 1. The first-order valence-electron chi connectivity index (χ1n) is 6.08. The van der Waals surface area contributed by atoms with Crippen molar-refractivity contribution in [2.45, 2.75) is 26.2 Å². The number of carbonyl (C=O) groups is 1. The molecule has 1 N–H and O–H groups in total. The Balaban J connectivity index is 2.59. The number of rotatable bonds is 2. The van der Waals surface area contributed by atoms with Crippen LogP contribution in [-0.4, -0.2) is 16.1 Å². The number of carboxylic acids is 1. The lowest BCUT2D eigenvalue weighted by Crippen LogP contribution is -2.16. The first kappa shape index (κ1) is 13.8. The molecule has 0 radical (unpaired) electrons. The van der Waals surface area contributed by atoms with Crippen LogP contribution in [0, 0.1) is 11.3 Å². The van der Waals surface area contributed by atoms with Crippen LogP contribution in [0.3, 0.4) is 0 Å². The van der Waals surface area contributed by atoms with E-state index in [1.165, 1.54) is 0 Å². The van der Waals surface area contributed by atoms with E-state index < -0.39 is 11.4 Å². The molecule has 0 aliphatic heterocycles. The number of nitriles is 1. The van der Waals surface area contributed by atoms with Gasteiger partial charge in [0.15, 0.2) is 0 Å². The van der Waals surface area contributed by atoms with Gasteiger partial charge in [-0.2, -0.15) is 5.26 Å². The Morgan fingerprint density at radius 1 is 1.40 bits per heavy atom. The van der Waals surface area contributed by atoms with Gasteiger partial charge < -0.3 is 9.52 Å². The SMILES string of the molecule is CC(C)(C)c1nc(-c2cccc(C#N)c2)oc1C(=O)O. The average Bonchev–Trinajstić information content (AvgIpc) is 2.84. The van der Waals surface area contributed by atoms with E-state index in [0.717, 1.165) is 0 Å². The van der Waals surface area contributed by atoms with Crippen LogP contribution in [0.1, 0.15) is 42.6 Å². The summed E-state index contributed by atoms with van der Waals surface area (Å²) < 4.78 is 5.37. The summed E-state index contributed by atoms with van der Waals surface area (Å²) in [7, 11) is 0. The standard InChI is InChI=1S/C15H14N2O3/c1-15(2,3)12-11(14(18)19)20-13(17-12)10-6-4-5-9(7-10)8-16/h4-7H,1-3H3,(H,18,19). The lowest BCUT2D eigenvalue weighted by molar-refractivity contribution is 0.0659. The third-order valence-electron chi connectivity index (χ3n) is 2.77. The molecule has 0 aliphatic carbocycles. The van der Waals surface area contributed by atoms with Gasteiger partial charge in [0.1, 0.15) is 5.69 Å². The molecule has 20 heavy (non-hydrogen) atoms. The highest BCUT2D eigenvalue weighted by atomic mass is 16.4. The van der Waals surface area contributed by atoms with E-state index in [9.17, 15) is 9.90 Å². The highest BCUT2D eigenvalue weighted by Gasteiger charge is 2.29. The van der Waals surface area contributed by atoms with Crippen molar-refractivity contribution in [1.82, 2.24) is 4.98 Å². The van der Waals surface area contributed by atoms with E-state index in [4.69, 9.17) is 9.68 Å². The van der Waals surface area contributed by atoms with E-state index in [0.29, 0.717) is 16.8 Å². The Bertz CT molecular complexity index is 703. The van der Waals surface area contributed by atoms with E-state index in [2.05, 4.69) is 4.98 Å². The highest BCUT2D eigenvalue weighted by Crippen LogP contribution is 2.30. The van der Waals surface area contributed by atoms with Gasteiger partial charge in [-0.1, -0.05) is 26.8 Å². The van der Waals surface area contributed by atoms with Gasteiger partial charge in [-0.05, 0) is 18.2 Å². The maximum Gasteiger partial charge on any atom is 0.373 e. The van der Waals surface area contributed by atoms with Crippen molar-refractivity contribution in [3.63, 3.8) is 0 Å². The van der Waals surface area contributed by atoms with Crippen LogP contribution in [0.25, 0.3) is 11.5 Å². The van der Waals surface area contributed by atoms with Gasteiger partial charge in [0.25, 0.3) is 0 Å². The minimum atomic E-state index is -1.15. The van der Waals surface area contributed by atoms with Crippen molar-refractivity contribution >= 4 is 5.97 Å². The van der Waals surface area contributed by atoms with Crippen molar-refractivity contribution in [3.8, 4) is 17.5 Å². The zero-order valence-electron chi connectivity index (χ0n) is 11.5. The van der Waals surface area contributed by atoms with Crippen molar-refractivity contribution in [3.05, 3.63) is 41.3 Å². The Hall–Kier alpha value is -2.61. The average molecular weight is 270 g/mol. The molecule has 0 saturated heterocycles. The summed E-state index contributed by atoms with van der Waals surface area (Å²) in [6.45, 7) is 5.60. The predicted octanol–water partition coefficient (Wildman–Crippen LogP) is 3.21. The van der Waals surface area contributed by atoms with Gasteiger partial charge in [0.2, 0.25) is 11.7 Å². The number of nitrogens with zero attached hydrogens (tertiary/aromatic N) is 2. The van der Waals surface area contributed by atoms with Crippen LogP contribution < -0.4 is 0 Å². The molecule has 1 aromatic heterocycles. The summed E-state index contributed by atoms with van der Waals surface area (Å²) in [5.74, 6) is -1.09. The number of carboxylic acid groups (broad SMARTS) is 1. The van der Waals surface area contributed by atoms with Gasteiger partial charge in [-0.3, -0.25) is 0 Å². The van der Waals surface area contributed by atoms with Crippen LogP contribution in [0.4, 0.5) is 0 Å². The van der Waals surface area contributed by atoms with Crippen LogP contribution >= 0.6 is 0 Å². The number of hydrogen-bond acceptors (Lipinski definition) is 4. The molecule has 0 unspecified atom stereocenters. The van der Waals surface area contributed by atoms with Crippen molar-refractivity contribution in [2.24, 2.45) is 0 Å². The predicted molar refractivity (Wildman–Crippen MR) is 72.3 cm³/mol. The summed E-state index contributed by atoms with van der Waals surface area (Å²) in [5.41, 5.74) is 1.00. The molecule has 0 saturated carbocycles. The van der Waals surface area contributed by atoms with E-state index in [1.807, 2.05) is 26.8 Å². The monoisotopic (exact) mass is 270 g/mol. The molecule has 0 amide bonds. The minimum Gasteiger partial charge on any atom is -0.475 e. The topological polar surface area (TPSA) is 87.1 Å². The van der Waals surface area contributed by atoms with Gasteiger partial charge in [0.05, 0.1) is 11.6 Å². The molecule has 102 valence electrons. The van der Waals surface area contributed by atoms with Crippen LogP contribution in [0.2, 0.25) is 0 Å². The molecule has 0 spiro atoms. The number of benzene rings is 1. The molecular weight excluding hydrogens is 256 g/mol. The maximum absolute atomic E-state index is 11.3. The number of aromatic carboxylic acids is 1. The Kier molecular flexibility index (Phi) is 3.33. The fraction of sp³-hybridized carbons (Fsp3) is 0.267. The third-order valence-corrected chi connectivity index (χ3v) is 2.77. The first-order valence-corrected chi connectivity index (χ1v) is 6.08. The molecule has 2 rings (SSSR count). The van der Waals surface area contributed by atoms with Gasteiger partial charge in [0, 0.05) is 11.0 Å². The van der Waals surface area contributed by atoms with Crippen molar-refractivity contribution < 1.29 is 14.3 Å². The van der Waals surface area contributed by atoms with Gasteiger partial charge in [-0.25, -0.2) is 9.78 Å². The molecule has 5 heteroatoms. The van der Waals surface area contributed by atoms with Crippen LogP contribution in [0.15, 0.2) is 28.7 Å². The summed E-state index contributed by atoms with van der Waals surface area (Å²) in [5, 5.41) is 18.1. The zero-order valence-corrected chi connectivity index (χ0v) is 11.5. The van der Waals surface area contributed by atoms with E-state index in [1.54, 1.807) is 24.3 Å². The fourth-order valence-corrected chi connectivity index (χ4v) is 1.82. The normalized spacial score (nSPS) is 11.1. The second kappa shape index (κ2) is 4.82. The molecule has 1 heterocycles. The molecule has 0 bridgehead atoms. The number of aromatic nitrogens is 1. The molecule has 1 aromatic carbocycles. The zero-order chi connectivity index (χ0) is 14.9. The Morgan fingerprint density at radius 2 is 2.10 bits per heavy atom. The highest BCUT2D eigenvalue weighted by molar-refractivity contribution is 5.86. The molecule has 0 atom stereocenters. The third kappa shape index (κ3) is 2.54. The number of hydrogen-bond donors (Lipinski definition) is 1. The van der Waals surface area contributed by atoms with Crippen molar-refractivity contribution in [2.75, 3.05) is 0 Å². The fourth-order valence-electron chi connectivity index (χ4n) is 1.82. The van der Waals surface area contributed by atoms with Crippen LogP contribution in [0.5, 0.6) is 0 Å². The smallest absolute Gasteiger partial charge is 0.373 e. The Labute approximate surface area is 116 Å². The Morgan fingerprint density at radius 3 is 2.60 bits per heavy atom. The second-order valence-corrected chi connectivity index (χ2v) is 5.44. The van der Waals surface area contributed by atoms with Gasteiger partial charge >= 0.3 is 5.97 Å². The van der Waals surface area contributed by atoms with Gasteiger partial charge in [-0.15, -0.1) is 0 Å². The summed E-state index contributed by atoms with van der Waals surface area (Å²) >= 11 is 0. The lowest BCUT2D eigenvalue weighted by Gasteiger charge is -2.14. The minimum absolute atomic E-state index is 0.158. The summed E-state index contributed by atoms with van der Waals surface area (Å²) in [6, 6.07) is 8.73. The molecule has 0 aliphatic rings. The summed E-state index contributed by atoms with van der Waals surface area (Å²) in [6.07, 6.45) is 0. The molecule has 0 fully saturated rings. The molecular formula is C15H14N2O3. The van der Waals surface area contributed by atoms with E-state index >= 15 is 0 Å². The van der Waals surface area contributed by atoms with Crippen LogP contribution in [-0.2, 0) is 5.41 Å². The quantitative estimate of drug-likeness (QED) is 0.905. The largest absolute Gasteiger partial charge is 0.475 e. The van der Waals surface area contributed by atoms with Crippen molar-refractivity contribution in [1.29, 1.82) is 5.26 Å². The molecule has 5 nitrogen and oxygen atoms in total. The second-order valence-electron chi connectivity index (χ2n) is 5.44. The lowest BCUT2D eigenvalue weighted by atomic mass is 9.91. The maximum atomic E-state index is 11.3. The first-order chi connectivity index (χ1) is 9.32. The molecule has 2 aromatic rings.